The van der Waals surface area contributed by atoms with Gasteiger partial charge in [0.2, 0.25) is 0 Å². The maximum absolute atomic E-state index is 10.3. The van der Waals surface area contributed by atoms with Crippen LogP contribution in [-0.2, 0) is 21.6 Å². The minimum atomic E-state index is -0.617. The first kappa shape index (κ1) is 14.8. The second-order valence-corrected chi connectivity index (χ2v) is 6.97. The van der Waals surface area contributed by atoms with Crippen LogP contribution >= 0.6 is 0 Å². The Morgan fingerprint density at radius 1 is 0.750 bits per heavy atom. The van der Waals surface area contributed by atoms with Crippen molar-refractivity contribution < 1.29 is 8.42 Å². The van der Waals surface area contributed by atoms with E-state index in [4.69, 9.17) is 0 Å². The Hall–Kier alpha value is 0.300. The molecule has 0 fully saturated rings. The molecular weight excluding hydrogens is 192 g/mol. The molecule has 0 aliphatic rings. The molecule has 76 valence electrons. The van der Waals surface area contributed by atoms with Gasteiger partial charge < -0.3 is 0 Å². The first-order valence-electron chi connectivity index (χ1n) is 3.93. The predicted octanol–water partition coefficient (Wildman–Crippen LogP) is 1.55. The van der Waals surface area contributed by atoms with Gasteiger partial charge >= 0.3 is 0 Å². The van der Waals surface area contributed by atoms with Crippen LogP contribution in [0.5, 0.6) is 0 Å². The van der Waals surface area contributed by atoms with E-state index in [0.29, 0.717) is 10.5 Å². The van der Waals surface area contributed by atoms with Crippen molar-refractivity contribution in [2.75, 3.05) is 12.5 Å². The van der Waals surface area contributed by atoms with Crippen molar-refractivity contribution in [3.63, 3.8) is 0 Å². The van der Waals surface area contributed by atoms with E-state index in [2.05, 4.69) is 0 Å². The SMILES string of the molecule is CC(C)S(C)=O.CC(C)S(C)=O. The molecule has 0 aliphatic heterocycles. The summed E-state index contributed by atoms with van der Waals surface area (Å²) in [6.07, 6.45) is 3.43. The van der Waals surface area contributed by atoms with Crippen molar-refractivity contribution in [1.82, 2.24) is 0 Å². The molecule has 0 saturated heterocycles. The van der Waals surface area contributed by atoms with Gasteiger partial charge in [-0.25, -0.2) is 0 Å². The second kappa shape index (κ2) is 7.92. The highest BCUT2D eigenvalue weighted by Gasteiger charge is 1.93. The highest BCUT2D eigenvalue weighted by atomic mass is 32.2. The number of rotatable bonds is 2. The van der Waals surface area contributed by atoms with E-state index < -0.39 is 21.6 Å². The Bertz CT molecular complexity index is 135. The Morgan fingerprint density at radius 3 is 0.833 bits per heavy atom. The van der Waals surface area contributed by atoms with Crippen LogP contribution in [0.4, 0.5) is 0 Å². The standard InChI is InChI=1S/2C4H10OS/c2*1-4(2)6(3)5/h2*4H,1-3H3. The first-order chi connectivity index (χ1) is 5.29. The summed E-state index contributed by atoms with van der Waals surface area (Å²) in [5.74, 6) is 0. The second-order valence-electron chi connectivity index (χ2n) is 3.09. The van der Waals surface area contributed by atoms with Crippen molar-refractivity contribution in [2.24, 2.45) is 0 Å². The van der Waals surface area contributed by atoms with Crippen LogP contribution in [0.1, 0.15) is 27.7 Å². The van der Waals surface area contributed by atoms with Gasteiger partial charge in [0.25, 0.3) is 0 Å². The Balaban J connectivity index is 0. The van der Waals surface area contributed by atoms with Crippen molar-refractivity contribution in [1.29, 1.82) is 0 Å². The Labute approximate surface area is 81.0 Å². The largest absolute Gasteiger partial charge is 0.260 e. The summed E-state index contributed by atoms with van der Waals surface area (Å²) < 4.78 is 20.5. The molecule has 2 unspecified atom stereocenters. The Morgan fingerprint density at radius 2 is 0.833 bits per heavy atom. The van der Waals surface area contributed by atoms with Crippen LogP contribution in [0.25, 0.3) is 0 Å². The first-order valence-corrected chi connectivity index (χ1v) is 7.17. The van der Waals surface area contributed by atoms with Gasteiger partial charge in [-0.05, 0) is 0 Å². The molecular formula is C8H20O2S2. The summed E-state index contributed by atoms with van der Waals surface area (Å²) in [4.78, 5) is 0. The van der Waals surface area contributed by atoms with E-state index in [1.807, 2.05) is 27.7 Å². The minimum absolute atomic E-state index is 0.324. The highest BCUT2D eigenvalue weighted by Crippen LogP contribution is 1.86. The lowest BCUT2D eigenvalue weighted by Crippen LogP contribution is -2.00. The van der Waals surface area contributed by atoms with Gasteiger partial charge in [0.1, 0.15) is 0 Å². The van der Waals surface area contributed by atoms with Crippen molar-refractivity contribution in [2.45, 2.75) is 38.2 Å². The molecule has 2 nitrogen and oxygen atoms in total. The zero-order valence-corrected chi connectivity index (χ0v) is 10.4. The summed E-state index contributed by atoms with van der Waals surface area (Å²) in [5, 5.41) is 0.648. The third kappa shape index (κ3) is 12.9. The van der Waals surface area contributed by atoms with Crippen molar-refractivity contribution in [3.8, 4) is 0 Å². The lowest BCUT2D eigenvalue weighted by atomic mass is 10.6. The van der Waals surface area contributed by atoms with Gasteiger partial charge in [-0.1, -0.05) is 27.7 Å². The molecule has 0 aromatic heterocycles. The zero-order valence-electron chi connectivity index (χ0n) is 8.79. The van der Waals surface area contributed by atoms with Crippen LogP contribution in [-0.4, -0.2) is 31.4 Å². The van der Waals surface area contributed by atoms with Gasteiger partial charge in [0.15, 0.2) is 0 Å². The fourth-order valence-electron chi connectivity index (χ4n) is 0. The van der Waals surface area contributed by atoms with Gasteiger partial charge in [-0.2, -0.15) is 0 Å². The van der Waals surface area contributed by atoms with Gasteiger partial charge in [0, 0.05) is 44.6 Å². The topological polar surface area (TPSA) is 34.1 Å². The highest BCUT2D eigenvalue weighted by molar-refractivity contribution is 7.85. The molecule has 12 heavy (non-hydrogen) atoms. The summed E-state index contributed by atoms with van der Waals surface area (Å²) >= 11 is 0. The average molecular weight is 212 g/mol. The molecule has 0 aliphatic carbocycles. The van der Waals surface area contributed by atoms with Crippen molar-refractivity contribution >= 4 is 21.6 Å². The van der Waals surface area contributed by atoms with E-state index in [9.17, 15) is 8.42 Å². The third-order valence-electron chi connectivity index (χ3n) is 1.33. The molecule has 2 atom stereocenters. The molecule has 0 aromatic carbocycles. The van der Waals surface area contributed by atoms with Gasteiger partial charge in [-0.15, -0.1) is 0 Å². The molecule has 0 saturated carbocycles. The lowest BCUT2D eigenvalue weighted by molar-refractivity contribution is 0.680. The molecule has 4 heteroatoms. The molecule has 0 amide bonds. The molecule has 0 rings (SSSR count). The monoisotopic (exact) mass is 212 g/mol. The van der Waals surface area contributed by atoms with Crippen LogP contribution < -0.4 is 0 Å². The number of hydrogen-bond donors (Lipinski definition) is 0. The molecule has 0 spiro atoms. The van der Waals surface area contributed by atoms with E-state index >= 15 is 0 Å². The maximum Gasteiger partial charge on any atom is 0.0288 e. The summed E-state index contributed by atoms with van der Waals surface area (Å²) in [6.45, 7) is 7.76. The average Bonchev–Trinajstić information content (AvgIpc) is 1.88. The fourth-order valence-corrected chi connectivity index (χ4v) is 0. The summed E-state index contributed by atoms with van der Waals surface area (Å²) in [7, 11) is -1.23. The normalized spacial score (nSPS) is 15.3. The third-order valence-corrected chi connectivity index (χ3v) is 3.98. The van der Waals surface area contributed by atoms with Crippen LogP contribution in [0.3, 0.4) is 0 Å². The van der Waals surface area contributed by atoms with Crippen LogP contribution in [0.2, 0.25) is 0 Å². The predicted molar refractivity (Wildman–Crippen MR) is 58.4 cm³/mol. The molecule has 0 aromatic rings. The van der Waals surface area contributed by atoms with Crippen LogP contribution in [0.15, 0.2) is 0 Å². The summed E-state index contributed by atoms with van der Waals surface area (Å²) in [5.41, 5.74) is 0. The lowest BCUT2D eigenvalue weighted by Gasteiger charge is -1.92. The number of hydrogen-bond acceptors (Lipinski definition) is 2. The Kier molecular flexibility index (Phi) is 9.78. The van der Waals surface area contributed by atoms with Crippen molar-refractivity contribution in [3.05, 3.63) is 0 Å². The molecule has 0 radical (unpaired) electrons. The fraction of sp³-hybridized carbons (Fsp3) is 1.00. The maximum atomic E-state index is 10.3. The van der Waals surface area contributed by atoms with E-state index in [1.54, 1.807) is 12.5 Å². The van der Waals surface area contributed by atoms with E-state index in [0.717, 1.165) is 0 Å². The van der Waals surface area contributed by atoms with E-state index in [-0.39, 0.29) is 0 Å². The van der Waals surface area contributed by atoms with Gasteiger partial charge in [-0.3, -0.25) is 8.42 Å². The quantitative estimate of drug-likeness (QED) is 0.696. The zero-order chi connectivity index (χ0) is 10.3. The molecule has 0 N–H and O–H groups in total. The molecule has 0 bridgehead atoms. The smallest absolute Gasteiger partial charge is 0.0288 e. The summed E-state index contributed by atoms with van der Waals surface area (Å²) in [6, 6.07) is 0. The minimum Gasteiger partial charge on any atom is -0.260 e. The van der Waals surface area contributed by atoms with Gasteiger partial charge in [0.05, 0.1) is 0 Å². The van der Waals surface area contributed by atoms with E-state index in [1.165, 1.54) is 0 Å². The van der Waals surface area contributed by atoms with Crippen LogP contribution in [0, 0.1) is 0 Å². The molecule has 0 heterocycles.